The Kier molecular flexibility index (Phi) is 4.25. The quantitative estimate of drug-likeness (QED) is 0.326. The molecule has 1 aliphatic carbocycles. The number of rotatable bonds is 2. The van der Waals surface area contributed by atoms with Crippen LogP contribution in [0.2, 0.25) is 0 Å². The zero-order valence-corrected chi connectivity index (χ0v) is 18.0. The highest BCUT2D eigenvalue weighted by molar-refractivity contribution is 8.04. The average molecular weight is 420 g/mol. The monoisotopic (exact) mass is 419 g/mol. The number of hydrogen-bond donors (Lipinski definition) is 0. The van der Waals surface area contributed by atoms with Crippen molar-refractivity contribution in [2.75, 3.05) is 11.4 Å². The van der Waals surface area contributed by atoms with Crippen molar-refractivity contribution in [3.05, 3.63) is 118 Å². The number of ketones is 1. The molecule has 1 aliphatic heterocycles. The van der Waals surface area contributed by atoms with Gasteiger partial charge in [0, 0.05) is 28.5 Å². The number of anilines is 1. The van der Waals surface area contributed by atoms with Crippen LogP contribution < -0.4 is 4.90 Å². The number of nitrogens with zero attached hydrogens (tertiary/aromatic N) is 1. The largest absolute Gasteiger partial charge is 0.335 e. The second-order valence-corrected chi connectivity index (χ2v) is 8.96. The molecule has 150 valence electrons. The molecule has 31 heavy (non-hydrogen) atoms. The fourth-order valence-electron chi connectivity index (χ4n) is 4.93. The molecule has 1 unspecified atom stereocenters. The van der Waals surface area contributed by atoms with Crippen LogP contribution in [0.4, 0.5) is 5.69 Å². The third-order valence-electron chi connectivity index (χ3n) is 6.32. The van der Waals surface area contributed by atoms with Crippen molar-refractivity contribution in [3.8, 4) is 0 Å². The van der Waals surface area contributed by atoms with E-state index in [0.717, 1.165) is 28.3 Å². The molecule has 4 aromatic rings. The Bertz CT molecular complexity index is 1370. The van der Waals surface area contributed by atoms with Gasteiger partial charge in [0.2, 0.25) is 0 Å². The minimum Gasteiger partial charge on any atom is -0.335 e. The van der Waals surface area contributed by atoms with Crippen molar-refractivity contribution in [2.45, 2.75) is 17.7 Å². The number of fused-ring (bicyclic) bond motifs is 4. The van der Waals surface area contributed by atoms with Crippen molar-refractivity contribution >= 4 is 34.0 Å². The minimum atomic E-state index is -0.0398. The summed E-state index contributed by atoms with van der Waals surface area (Å²) in [4.78, 5) is 17.3. The first-order chi connectivity index (χ1) is 15.3. The topological polar surface area (TPSA) is 20.3 Å². The number of allylic oxidation sites excluding steroid dienone is 1. The summed E-state index contributed by atoms with van der Waals surface area (Å²) < 4.78 is 0. The highest BCUT2D eigenvalue weighted by atomic mass is 32.2. The van der Waals surface area contributed by atoms with Crippen molar-refractivity contribution < 1.29 is 4.79 Å². The first-order valence-electron chi connectivity index (χ1n) is 10.7. The second kappa shape index (κ2) is 7.14. The molecule has 0 bridgehead atoms. The number of benzene rings is 4. The Labute approximate surface area is 186 Å². The molecule has 2 aliphatic rings. The van der Waals surface area contributed by atoms with Gasteiger partial charge in [0.05, 0.1) is 10.7 Å². The SMILES string of the molecule is CCN1C(=C2C(=O)c3ccccc3C2c2ccccc2)Sc2c1ccc1ccccc21. The van der Waals surface area contributed by atoms with E-state index in [2.05, 4.69) is 78.6 Å². The molecule has 0 amide bonds. The Morgan fingerprint density at radius 3 is 2.42 bits per heavy atom. The van der Waals surface area contributed by atoms with Gasteiger partial charge in [0.1, 0.15) is 0 Å². The normalized spacial score (nSPS) is 19.7. The predicted octanol–water partition coefficient (Wildman–Crippen LogP) is 7.01. The summed E-state index contributed by atoms with van der Waals surface area (Å²) in [6.45, 7) is 2.98. The molecule has 2 nitrogen and oxygen atoms in total. The number of hydrogen-bond acceptors (Lipinski definition) is 3. The summed E-state index contributed by atoms with van der Waals surface area (Å²) in [5.74, 6) is 0.115. The summed E-state index contributed by atoms with van der Waals surface area (Å²) in [5.41, 5.74) is 5.21. The van der Waals surface area contributed by atoms with Gasteiger partial charge in [-0.1, -0.05) is 96.7 Å². The van der Waals surface area contributed by atoms with Gasteiger partial charge in [0.15, 0.2) is 5.78 Å². The zero-order valence-electron chi connectivity index (χ0n) is 17.2. The van der Waals surface area contributed by atoms with Crippen molar-refractivity contribution in [3.63, 3.8) is 0 Å². The Hall–Kier alpha value is -3.30. The third-order valence-corrected chi connectivity index (χ3v) is 7.59. The molecule has 0 fully saturated rings. The Morgan fingerprint density at radius 2 is 1.58 bits per heavy atom. The summed E-state index contributed by atoms with van der Waals surface area (Å²) in [5, 5.41) is 3.55. The minimum absolute atomic E-state index is 0.0398. The van der Waals surface area contributed by atoms with Crippen LogP contribution in [-0.2, 0) is 0 Å². The van der Waals surface area contributed by atoms with Gasteiger partial charge in [0.25, 0.3) is 0 Å². The molecule has 0 spiro atoms. The molecule has 1 heterocycles. The Morgan fingerprint density at radius 1 is 0.839 bits per heavy atom. The first kappa shape index (κ1) is 18.5. The summed E-state index contributed by atoms with van der Waals surface area (Å²) >= 11 is 1.75. The van der Waals surface area contributed by atoms with E-state index >= 15 is 0 Å². The van der Waals surface area contributed by atoms with Crippen LogP contribution in [0.3, 0.4) is 0 Å². The van der Waals surface area contributed by atoms with Crippen LogP contribution in [0.1, 0.15) is 34.3 Å². The number of carbonyl (C=O) groups excluding carboxylic acids is 1. The van der Waals surface area contributed by atoms with Crippen molar-refractivity contribution in [1.82, 2.24) is 0 Å². The van der Waals surface area contributed by atoms with Crippen LogP contribution in [-0.4, -0.2) is 12.3 Å². The second-order valence-electron chi connectivity index (χ2n) is 7.96. The van der Waals surface area contributed by atoms with E-state index in [0.29, 0.717) is 0 Å². The lowest BCUT2D eigenvalue weighted by Gasteiger charge is -2.23. The van der Waals surface area contributed by atoms with E-state index in [1.54, 1.807) is 11.8 Å². The van der Waals surface area contributed by atoms with Crippen LogP contribution >= 0.6 is 11.8 Å². The molecule has 1 atom stereocenters. The van der Waals surface area contributed by atoms with Gasteiger partial charge in [-0.05, 0) is 34.9 Å². The average Bonchev–Trinajstić information content (AvgIpc) is 3.34. The lowest BCUT2D eigenvalue weighted by molar-refractivity contribution is 0.103. The highest BCUT2D eigenvalue weighted by Gasteiger charge is 2.41. The molecular formula is C28H21NOS. The van der Waals surface area contributed by atoms with Crippen LogP contribution in [0.15, 0.2) is 106 Å². The molecule has 6 rings (SSSR count). The fourth-order valence-corrected chi connectivity index (χ4v) is 6.36. The lowest BCUT2D eigenvalue weighted by Crippen LogP contribution is -2.20. The maximum absolute atomic E-state index is 13.7. The van der Waals surface area contributed by atoms with Crippen molar-refractivity contribution in [1.29, 1.82) is 0 Å². The molecule has 0 saturated heterocycles. The fraction of sp³-hybridized carbons (Fsp3) is 0.107. The van der Waals surface area contributed by atoms with E-state index in [4.69, 9.17) is 0 Å². The number of Topliss-reactive ketones (excluding diaryl/α,β-unsaturated/α-hetero) is 1. The Balaban J connectivity index is 1.61. The van der Waals surface area contributed by atoms with Crippen LogP contribution in [0, 0.1) is 0 Å². The smallest absolute Gasteiger partial charge is 0.192 e. The number of carbonyl (C=O) groups is 1. The number of thioether (sulfide) groups is 1. The van der Waals surface area contributed by atoms with E-state index in [1.807, 2.05) is 24.3 Å². The van der Waals surface area contributed by atoms with E-state index < -0.39 is 0 Å². The van der Waals surface area contributed by atoms with Gasteiger partial charge >= 0.3 is 0 Å². The molecule has 0 saturated carbocycles. The predicted molar refractivity (Wildman–Crippen MR) is 129 cm³/mol. The van der Waals surface area contributed by atoms with Gasteiger partial charge in [-0.25, -0.2) is 0 Å². The molecule has 0 N–H and O–H groups in total. The lowest BCUT2D eigenvalue weighted by atomic mass is 9.90. The van der Waals surface area contributed by atoms with Gasteiger partial charge in [-0.3, -0.25) is 4.79 Å². The van der Waals surface area contributed by atoms with Crippen LogP contribution in [0.25, 0.3) is 10.8 Å². The summed E-state index contributed by atoms with van der Waals surface area (Å²) in [7, 11) is 0. The van der Waals surface area contributed by atoms with Gasteiger partial charge < -0.3 is 4.90 Å². The molecule has 3 heteroatoms. The highest BCUT2D eigenvalue weighted by Crippen LogP contribution is 2.54. The molecule has 0 radical (unpaired) electrons. The van der Waals surface area contributed by atoms with Crippen molar-refractivity contribution in [2.24, 2.45) is 0 Å². The maximum Gasteiger partial charge on any atom is 0.192 e. The standard InChI is InChI=1S/C28H21NOS/c1-2-29-23-17-16-18-10-6-7-13-20(18)27(23)31-28(29)25-24(19-11-4-3-5-12-19)21-14-8-9-15-22(21)26(25)30/h3-17,24H,2H2,1H3. The third kappa shape index (κ3) is 2.70. The van der Waals surface area contributed by atoms with E-state index in [9.17, 15) is 4.79 Å². The van der Waals surface area contributed by atoms with E-state index in [-0.39, 0.29) is 11.7 Å². The summed E-state index contributed by atoms with van der Waals surface area (Å²) in [6, 6.07) is 31.4. The molecule has 0 aromatic heterocycles. The maximum atomic E-state index is 13.7. The molecule has 4 aromatic carbocycles. The molecular weight excluding hydrogens is 398 g/mol. The zero-order chi connectivity index (χ0) is 20.9. The summed E-state index contributed by atoms with van der Waals surface area (Å²) in [6.07, 6.45) is 0. The van der Waals surface area contributed by atoms with Crippen LogP contribution in [0.5, 0.6) is 0 Å². The van der Waals surface area contributed by atoms with Gasteiger partial charge in [-0.2, -0.15) is 0 Å². The first-order valence-corrected chi connectivity index (χ1v) is 11.5. The van der Waals surface area contributed by atoms with E-state index in [1.165, 1.54) is 26.9 Å². The van der Waals surface area contributed by atoms with Gasteiger partial charge in [-0.15, -0.1) is 0 Å².